The van der Waals surface area contributed by atoms with Crippen molar-refractivity contribution in [3.8, 4) is 0 Å². The minimum absolute atomic E-state index is 0.115. The Balaban J connectivity index is 1.74. The molecule has 1 aliphatic heterocycles. The summed E-state index contributed by atoms with van der Waals surface area (Å²) in [5, 5.41) is 4.16. The molecule has 0 radical (unpaired) electrons. The molecule has 0 aliphatic carbocycles. The fourth-order valence-electron chi connectivity index (χ4n) is 2.97. The Morgan fingerprint density at radius 3 is 2.48 bits per heavy atom. The number of hydrogen-bond donors (Lipinski definition) is 1. The van der Waals surface area contributed by atoms with Crippen LogP contribution in [0.15, 0.2) is 46.0 Å². The van der Waals surface area contributed by atoms with Crippen molar-refractivity contribution in [2.45, 2.75) is 30.7 Å². The fraction of sp³-hybridized carbons (Fsp3) is 0.412. The lowest BCUT2D eigenvalue weighted by atomic mass is 10.1. The van der Waals surface area contributed by atoms with Gasteiger partial charge in [-0.3, -0.25) is 4.90 Å². The number of thiophene rings is 1. The van der Waals surface area contributed by atoms with E-state index in [2.05, 4.69) is 21.1 Å². The summed E-state index contributed by atoms with van der Waals surface area (Å²) in [5.74, 6) is 0. The van der Waals surface area contributed by atoms with E-state index in [0.29, 0.717) is 11.4 Å². The van der Waals surface area contributed by atoms with Crippen LogP contribution in [0.25, 0.3) is 0 Å². The van der Waals surface area contributed by atoms with E-state index in [9.17, 15) is 8.42 Å². The summed E-state index contributed by atoms with van der Waals surface area (Å²) >= 11 is 1.65. The van der Waals surface area contributed by atoms with Gasteiger partial charge in [0.15, 0.2) is 0 Å². The summed E-state index contributed by atoms with van der Waals surface area (Å²) in [6.45, 7) is 4.43. The number of sulfonamides is 1. The summed E-state index contributed by atoms with van der Waals surface area (Å²) in [6.07, 6.45) is 2.37. The molecule has 1 fully saturated rings. The van der Waals surface area contributed by atoms with Gasteiger partial charge in [0.1, 0.15) is 0 Å². The van der Waals surface area contributed by atoms with Gasteiger partial charge in [-0.25, -0.2) is 13.1 Å². The Morgan fingerprint density at radius 1 is 1.17 bits per heavy atom. The Hall–Kier alpha value is -1.21. The maximum absolute atomic E-state index is 12.5. The quantitative estimate of drug-likeness (QED) is 0.870. The van der Waals surface area contributed by atoms with E-state index in [1.165, 1.54) is 18.4 Å². The molecule has 0 bridgehead atoms. The third-order valence-corrected chi connectivity index (χ3v) is 6.45. The van der Waals surface area contributed by atoms with Crippen molar-refractivity contribution in [3.63, 3.8) is 0 Å². The molecule has 1 aromatic heterocycles. The van der Waals surface area contributed by atoms with Crippen molar-refractivity contribution in [1.82, 2.24) is 9.62 Å². The van der Waals surface area contributed by atoms with E-state index < -0.39 is 10.0 Å². The lowest BCUT2D eigenvalue weighted by molar-refractivity contribution is 0.247. The maximum Gasteiger partial charge on any atom is 0.240 e. The highest BCUT2D eigenvalue weighted by Gasteiger charge is 2.25. The van der Waals surface area contributed by atoms with Crippen LogP contribution >= 0.6 is 11.3 Å². The first-order valence-corrected chi connectivity index (χ1v) is 10.3. The number of aryl methyl sites for hydroxylation is 1. The molecule has 1 saturated heterocycles. The van der Waals surface area contributed by atoms with Gasteiger partial charge in [-0.2, -0.15) is 11.3 Å². The van der Waals surface area contributed by atoms with Crippen LogP contribution in [0.5, 0.6) is 0 Å². The lowest BCUT2D eigenvalue weighted by Crippen LogP contribution is -2.36. The normalized spacial score (nSPS) is 17.4. The van der Waals surface area contributed by atoms with Crippen molar-refractivity contribution in [1.29, 1.82) is 0 Å². The first kappa shape index (κ1) is 16.6. The van der Waals surface area contributed by atoms with Gasteiger partial charge in [0.2, 0.25) is 10.0 Å². The van der Waals surface area contributed by atoms with Crippen LogP contribution in [0.3, 0.4) is 0 Å². The molecule has 2 heterocycles. The second kappa shape index (κ2) is 7.13. The molecule has 4 nitrogen and oxygen atoms in total. The van der Waals surface area contributed by atoms with Crippen molar-refractivity contribution in [2.24, 2.45) is 0 Å². The maximum atomic E-state index is 12.5. The van der Waals surface area contributed by atoms with Crippen molar-refractivity contribution < 1.29 is 8.42 Å². The van der Waals surface area contributed by atoms with Crippen LogP contribution in [0, 0.1) is 6.92 Å². The SMILES string of the molecule is Cc1ccc(S(=O)(=O)NCC(c2ccsc2)N2CCCC2)cc1. The molecule has 1 N–H and O–H groups in total. The zero-order valence-electron chi connectivity index (χ0n) is 13.2. The van der Waals surface area contributed by atoms with Gasteiger partial charge in [0.05, 0.1) is 4.90 Å². The Labute approximate surface area is 142 Å². The summed E-state index contributed by atoms with van der Waals surface area (Å²) in [7, 11) is -3.47. The van der Waals surface area contributed by atoms with Crippen LogP contribution in [0.1, 0.15) is 30.0 Å². The number of nitrogens with zero attached hydrogens (tertiary/aromatic N) is 1. The third kappa shape index (κ3) is 4.01. The monoisotopic (exact) mass is 350 g/mol. The zero-order valence-corrected chi connectivity index (χ0v) is 14.9. The molecule has 0 spiro atoms. The molecular weight excluding hydrogens is 328 g/mol. The van der Waals surface area contributed by atoms with E-state index in [1.54, 1.807) is 23.5 Å². The molecule has 0 amide bonds. The van der Waals surface area contributed by atoms with Crippen LogP contribution < -0.4 is 4.72 Å². The summed E-state index contributed by atoms with van der Waals surface area (Å²) in [5.41, 5.74) is 2.25. The third-order valence-electron chi connectivity index (χ3n) is 4.31. The van der Waals surface area contributed by atoms with Gasteiger partial charge in [-0.15, -0.1) is 0 Å². The second-order valence-corrected chi connectivity index (χ2v) is 8.53. The predicted octanol–water partition coefficient (Wildman–Crippen LogP) is 3.17. The van der Waals surface area contributed by atoms with Crippen LogP contribution in [-0.4, -0.2) is 33.0 Å². The van der Waals surface area contributed by atoms with E-state index in [-0.39, 0.29) is 6.04 Å². The van der Waals surface area contributed by atoms with Crippen LogP contribution in [0.4, 0.5) is 0 Å². The van der Waals surface area contributed by atoms with E-state index >= 15 is 0 Å². The number of nitrogens with one attached hydrogen (secondary N) is 1. The van der Waals surface area contributed by atoms with E-state index in [1.807, 2.05) is 24.4 Å². The van der Waals surface area contributed by atoms with Crippen molar-refractivity contribution in [2.75, 3.05) is 19.6 Å². The molecule has 2 aromatic rings. The molecule has 1 aliphatic rings. The first-order valence-electron chi connectivity index (χ1n) is 7.89. The van der Waals surface area contributed by atoms with Gasteiger partial charge < -0.3 is 0 Å². The molecule has 1 atom stereocenters. The highest BCUT2D eigenvalue weighted by Crippen LogP contribution is 2.26. The van der Waals surface area contributed by atoms with Gasteiger partial charge in [0.25, 0.3) is 0 Å². The minimum atomic E-state index is -3.47. The summed E-state index contributed by atoms with van der Waals surface area (Å²) in [6, 6.07) is 9.18. The summed E-state index contributed by atoms with van der Waals surface area (Å²) in [4.78, 5) is 2.70. The molecule has 3 rings (SSSR count). The molecule has 0 saturated carbocycles. The largest absolute Gasteiger partial charge is 0.295 e. The second-order valence-electron chi connectivity index (χ2n) is 5.98. The van der Waals surface area contributed by atoms with Gasteiger partial charge in [-0.1, -0.05) is 17.7 Å². The Morgan fingerprint density at radius 2 is 1.87 bits per heavy atom. The van der Waals surface area contributed by atoms with E-state index in [4.69, 9.17) is 0 Å². The first-order chi connectivity index (χ1) is 11.1. The topological polar surface area (TPSA) is 49.4 Å². The molecule has 23 heavy (non-hydrogen) atoms. The molecule has 1 unspecified atom stereocenters. The number of likely N-dealkylation sites (tertiary alicyclic amines) is 1. The zero-order chi connectivity index (χ0) is 16.3. The number of benzene rings is 1. The van der Waals surface area contributed by atoms with Crippen molar-refractivity contribution in [3.05, 3.63) is 52.2 Å². The summed E-state index contributed by atoms with van der Waals surface area (Å²) < 4.78 is 27.8. The average molecular weight is 351 g/mol. The van der Waals surface area contributed by atoms with Crippen LogP contribution in [0.2, 0.25) is 0 Å². The highest BCUT2D eigenvalue weighted by molar-refractivity contribution is 7.89. The Kier molecular flexibility index (Phi) is 5.16. The fourth-order valence-corrected chi connectivity index (χ4v) is 4.71. The Bertz CT molecular complexity index is 718. The van der Waals surface area contributed by atoms with E-state index in [0.717, 1.165) is 18.7 Å². The number of rotatable bonds is 6. The van der Waals surface area contributed by atoms with Crippen molar-refractivity contribution >= 4 is 21.4 Å². The smallest absolute Gasteiger partial charge is 0.240 e. The van der Waals surface area contributed by atoms with Gasteiger partial charge >= 0.3 is 0 Å². The highest BCUT2D eigenvalue weighted by atomic mass is 32.2. The number of hydrogen-bond acceptors (Lipinski definition) is 4. The van der Waals surface area contributed by atoms with Gasteiger partial charge in [0, 0.05) is 12.6 Å². The average Bonchev–Trinajstić information content (AvgIpc) is 3.21. The molecule has 1 aromatic carbocycles. The minimum Gasteiger partial charge on any atom is -0.295 e. The van der Waals surface area contributed by atoms with Crippen LogP contribution in [-0.2, 0) is 10.0 Å². The standard InChI is InChI=1S/C17H22N2O2S2/c1-14-4-6-16(7-5-14)23(20,21)18-12-17(15-8-11-22-13-15)19-9-2-3-10-19/h4-8,11,13,17-18H,2-3,9-10,12H2,1H3. The van der Waals surface area contributed by atoms with Gasteiger partial charge in [-0.05, 0) is 67.4 Å². The molecule has 124 valence electrons. The molecular formula is C17H22N2O2S2. The predicted molar refractivity (Wildman–Crippen MR) is 94.2 cm³/mol. The lowest BCUT2D eigenvalue weighted by Gasteiger charge is -2.27. The molecule has 6 heteroatoms.